The van der Waals surface area contributed by atoms with E-state index in [0.717, 1.165) is 55.3 Å². The quantitative estimate of drug-likeness (QED) is 0.214. The number of fused-ring (bicyclic) bond motifs is 5. The predicted octanol–water partition coefficient (Wildman–Crippen LogP) is 9.13. The van der Waals surface area contributed by atoms with Crippen LogP contribution in [0.2, 0.25) is 0 Å². The second-order valence-electron chi connectivity index (χ2n) is 10.6. The summed E-state index contributed by atoms with van der Waals surface area (Å²) in [5, 5.41) is 18.9. The van der Waals surface area contributed by atoms with Gasteiger partial charge in [-0.15, -0.1) is 0 Å². The summed E-state index contributed by atoms with van der Waals surface area (Å²) in [6, 6.07) is 43.3. The molecule has 5 nitrogen and oxygen atoms in total. The maximum absolute atomic E-state index is 8.72. The van der Waals surface area contributed by atoms with Crippen molar-refractivity contribution in [2.75, 3.05) is 5.43 Å². The van der Waals surface area contributed by atoms with Crippen LogP contribution >= 0.6 is 0 Å². The number of anilines is 1. The summed E-state index contributed by atoms with van der Waals surface area (Å²) in [5.74, 6) is 0.656. The van der Waals surface area contributed by atoms with E-state index in [9.17, 15) is 0 Å². The van der Waals surface area contributed by atoms with Crippen LogP contribution in [0.15, 0.2) is 139 Å². The van der Waals surface area contributed by atoms with Gasteiger partial charge in [-0.25, -0.2) is 9.97 Å². The summed E-state index contributed by atoms with van der Waals surface area (Å²) in [5.41, 5.74) is 10.7. The molecule has 1 aliphatic rings. The minimum Gasteiger partial charge on any atom is -0.299 e. The van der Waals surface area contributed by atoms with E-state index in [1.807, 2.05) is 54.6 Å². The molecule has 0 fully saturated rings. The van der Waals surface area contributed by atoms with E-state index in [2.05, 4.69) is 84.3 Å². The molecule has 43 heavy (non-hydrogen) atoms. The van der Waals surface area contributed by atoms with Gasteiger partial charge in [0.25, 0.3) is 0 Å². The highest BCUT2D eigenvalue weighted by atomic mass is 15.3. The lowest BCUT2D eigenvalue weighted by atomic mass is 9.88. The van der Waals surface area contributed by atoms with Gasteiger partial charge in [0.15, 0.2) is 5.82 Å². The Morgan fingerprint density at radius 2 is 1.33 bits per heavy atom. The Balaban J connectivity index is 1.30. The van der Waals surface area contributed by atoms with Crippen LogP contribution in [0.25, 0.3) is 61.2 Å². The summed E-state index contributed by atoms with van der Waals surface area (Å²) < 4.78 is 0. The van der Waals surface area contributed by atoms with Crippen LogP contribution in [0.5, 0.6) is 0 Å². The maximum Gasteiger partial charge on any atom is 0.160 e. The van der Waals surface area contributed by atoms with Gasteiger partial charge in [0.1, 0.15) is 5.71 Å². The van der Waals surface area contributed by atoms with E-state index in [-0.39, 0.29) is 0 Å². The Morgan fingerprint density at radius 1 is 0.581 bits per heavy atom. The van der Waals surface area contributed by atoms with E-state index in [4.69, 9.17) is 20.5 Å². The van der Waals surface area contributed by atoms with Gasteiger partial charge in [-0.2, -0.15) is 5.10 Å². The highest BCUT2D eigenvalue weighted by Crippen LogP contribution is 2.34. The average Bonchev–Trinajstić information content (AvgIpc) is 3.07. The largest absolute Gasteiger partial charge is 0.299 e. The molecule has 0 bridgehead atoms. The van der Waals surface area contributed by atoms with Crippen molar-refractivity contribution in [2.24, 2.45) is 5.10 Å². The molecule has 1 aromatic heterocycles. The van der Waals surface area contributed by atoms with Gasteiger partial charge >= 0.3 is 0 Å². The van der Waals surface area contributed by atoms with Crippen LogP contribution in [0, 0.1) is 5.41 Å². The number of allylic oxidation sites excluding steroid dienone is 1. The van der Waals surface area contributed by atoms with E-state index >= 15 is 0 Å². The molecule has 0 saturated carbocycles. The number of nitrogens with one attached hydrogen (secondary N) is 2. The third-order valence-corrected chi connectivity index (χ3v) is 7.93. The topological polar surface area (TPSA) is 74.0 Å². The van der Waals surface area contributed by atoms with Crippen LogP contribution < -0.4 is 5.43 Å². The van der Waals surface area contributed by atoms with Crippen molar-refractivity contribution in [3.8, 4) is 22.6 Å². The number of hydrogen-bond donors (Lipinski definition) is 2. The van der Waals surface area contributed by atoms with Crippen LogP contribution in [0.3, 0.4) is 0 Å². The van der Waals surface area contributed by atoms with Gasteiger partial charge in [-0.1, -0.05) is 103 Å². The molecule has 2 N–H and O–H groups in total. The third kappa shape index (κ3) is 4.44. The van der Waals surface area contributed by atoms with Crippen molar-refractivity contribution in [2.45, 2.75) is 0 Å². The lowest BCUT2D eigenvalue weighted by Crippen LogP contribution is -2.19. The molecule has 1 heterocycles. The molecular formula is C38H25N5. The Bertz CT molecular complexity index is 2280. The highest BCUT2D eigenvalue weighted by Gasteiger charge is 2.21. The first-order valence-corrected chi connectivity index (χ1v) is 14.2. The first kappa shape index (κ1) is 24.8. The first-order chi connectivity index (χ1) is 21.2. The maximum atomic E-state index is 8.72. The van der Waals surface area contributed by atoms with E-state index in [1.165, 1.54) is 10.8 Å². The molecule has 0 spiro atoms. The molecule has 7 aromatic rings. The standard InChI is InChI=1S/C38H25N5/c39-33-21-20-26-17-15-25-16-19-29(23-32(25)35(26)37(33)43-42-30-10-2-1-3-11-30)38-40-34-13-7-6-12-31(34)36(41-38)28-18-14-24-8-4-5-9-27(24)22-28/h1-23,39,42H/b39-33?,43-37+. The Labute approximate surface area is 248 Å². The first-order valence-electron chi connectivity index (χ1n) is 14.2. The number of hydrogen-bond acceptors (Lipinski definition) is 5. The zero-order valence-corrected chi connectivity index (χ0v) is 23.1. The average molecular weight is 552 g/mol. The number of para-hydroxylation sites is 2. The molecule has 6 aromatic carbocycles. The predicted molar refractivity (Wildman–Crippen MR) is 179 cm³/mol. The Kier molecular flexibility index (Phi) is 5.86. The molecule has 0 atom stereocenters. The van der Waals surface area contributed by atoms with Crippen molar-refractivity contribution < 1.29 is 0 Å². The lowest BCUT2D eigenvalue weighted by molar-refractivity contribution is 1.23. The van der Waals surface area contributed by atoms with Crippen LogP contribution in [-0.4, -0.2) is 21.4 Å². The second-order valence-corrected chi connectivity index (χ2v) is 10.6. The molecule has 1 aliphatic carbocycles. The SMILES string of the molecule is N=C1C=Cc2ccc3ccc(-c4nc(-c5ccc6ccccc6c5)c5ccccc5n4)cc3c2/C1=N/Nc1ccccc1. The normalized spacial score (nSPS) is 13.6. The van der Waals surface area contributed by atoms with E-state index in [0.29, 0.717) is 17.2 Å². The van der Waals surface area contributed by atoms with Crippen molar-refractivity contribution in [3.63, 3.8) is 0 Å². The zero-order chi connectivity index (χ0) is 28.8. The van der Waals surface area contributed by atoms with Gasteiger partial charge < -0.3 is 0 Å². The second kappa shape index (κ2) is 10.2. The van der Waals surface area contributed by atoms with Gasteiger partial charge in [-0.3, -0.25) is 10.8 Å². The fourth-order valence-corrected chi connectivity index (χ4v) is 5.78. The van der Waals surface area contributed by atoms with E-state index < -0.39 is 0 Å². The molecular weight excluding hydrogens is 526 g/mol. The number of nitrogens with zero attached hydrogens (tertiary/aromatic N) is 3. The highest BCUT2D eigenvalue weighted by molar-refractivity contribution is 6.55. The monoisotopic (exact) mass is 551 g/mol. The summed E-state index contributed by atoms with van der Waals surface area (Å²) in [6.07, 6.45) is 3.78. The molecule has 0 amide bonds. The third-order valence-electron chi connectivity index (χ3n) is 7.93. The zero-order valence-electron chi connectivity index (χ0n) is 23.1. The minimum absolute atomic E-state index is 0.356. The van der Waals surface area contributed by atoms with Gasteiger partial charge in [0.05, 0.1) is 22.6 Å². The van der Waals surface area contributed by atoms with Crippen LogP contribution in [0.4, 0.5) is 5.69 Å². The van der Waals surface area contributed by atoms with Crippen molar-refractivity contribution in [1.29, 1.82) is 5.41 Å². The van der Waals surface area contributed by atoms with Gasteiger partial charge in [0, 0.05) is 22.1 Å². The number of aromatic nitrogens is 2. The van der Waals surface area contributed by atoms with Crippen molar-refractivity contribution in [3.05, 3.63) is 145 Å². The Hall–Kier alpha value is -5.94. The van der Waals surface area contributed by atoms with Crippen molar-refractivity contribution >= 4 is 55.6 Å². The summed E-state index contributed by atoms with van der Waals surface area (Å²) >= 11 is 0. The van der Waals surface area contributed by atoms with Gasteiger partial charge in [0.2, 0.25) is 0 Å². The fourth-order valence-electron chi connectivity index (χ4n) is 5.78. The Morgan fingerprint density at radius 3 is 2.23 bits per heavy atom. The fraction of sp³-hybridized carbons (Fsp3) is 0. The van der Waals surface area contributed by atoms with Crippen LogP contribution in [0.1, 0.15) is 11.1 Å². The smallest absolute Gasteiger partial charge is 0.160 e. The summed E-state index contributed by atoms with van der Waals surface area (Å²) in [7, 11) is 0. The number of benzene rings is 6. The molecule has 5 heteroatoms. The number of rotatable bonds is 4. The molecule has 8 rings (SSSR count). The lowest BCUT2D eigenvalue weighted by Gasteiger charge is -2.18. The number of hydrazone groups is 1. The molecule has 202 valence electrons. The molecule has 0 radical (unpaired) electrons. The van der Waals surface area contributed by atoms with Gasteiger partial charge in [-0.05, 0) is 63.5 Å². The van der Waals surface area contributed by atoms with E-state index in [1.54, 1.807) is 6.08 Å². The molecule has 0 unspecified atom stereocenters. The van der Waals surface area contributed by atoms with Crippen molar-refractivity contribution in [1.82, 2.24) is 9.97 Å². The molecule has 0 aliphatic heterocycles. The summed E-state index contributed by atoms with van der Waals surface area (Å²) in [4.78, 5) is 10.2. The summed E-state index contributed by atoms with van der Waals surface area (Å²) in [6.45, 7) is 0. The molecule has 0 saturated heterocycles. The minimum atomic E-state index is 0.356. The van der Waals surface area contributed by atoms with Crippen LogP contribution in [-0.2, 0) is 0 Å².